The van der Waals surface area contributed by atoms with Crippen LogP contribution in [0.5, 0.6) is 0 Å². The molecular weight excluding hydrogens is 342 g/mol. The highest BCUT2D eigenvalue weighted by Gasteiger charge is 2.11. The van der Waals surface area contributed by atoms with Crippen molar-refractivity contribution in [3.05, 3.63) is 33.6 Å². The second-order valence-corrected chi connectivity index (χ2v) is 6.12. The molecule has 0 saturated heterocycles. The molecule has 0 spiro atoms. The van der Waals surface area contributed by atoms with Gasteiger partial charge in [0.05, 0.1) is 5.02 Å². The van der Waals surface area contributed by atoms with Crippen molar-refractivity contribution < 1.29 is 4.52 Å². The zero-order valence-electron chi connectivity index (χ0n) is 11.3. The highest BCUT2D eigenvalue weighted by molar-refractivity contribution is 9.10. The minimum Gasteiger partial charge on any atom is -0.339 e. The first-order chi connectivity index (χ1) is 9.60. The molecule has 1 heterocycles. The molecule has 0 aliphatic heterocycles. The normalized spacial score (nSPS) is 12.6. The summed E-state index contributed by atoms with van der Waals surface area (Å²) in [5.41, 5.74) is 6.42. The van der Waals surface area contributed by atoms with Gasteiger partial charge in [-0.1, -0.05) is 23.7 Å². The van der Waals surface area contributed by atoms with Crippen LogP contribution in [0.4, 0.5) is 0 Å². The zero-order valence-corrected chi connectivity index (χ0v) is 13.6. The summed E-state index contributed by atoms with van der Waals surface area (Å²) in [5, 5.41) is 4.67. The van der Waals surface area contributed by atoms with E-state index < -0.39 is 0 Å². The van der Waals surface area contributed by atoms with Crippen LogP contribution in [0.1, 0.15) is 25.7 Å². The van der Waals surface area contributed by atoms with Gasteiger partial charge in [0.2, 0.25) is 11.7 Å². The van der Waals surface area contributed by atoms with E-state index in [1.807, 2.05) is 12.1 Å². The Hall–Kier alpha value is -0.910. The Balaban J connectivity index is 2.03. The van der Waals surface area contributed by atoms with Crippen LogP contribution >= 0.6 is 27.5 Å². The summed E-state index contributed by atoms with van der Waals surface area (Å²) in [6.45, 7) is 2.90. The zero-order chi connectivity index (χ0) is 14.5. The fourth-order valence-electron chi connectivity index (χ4n) is 1.91. The van der Waals surface area contributed by atoms with Crippen molar-refractivity contribution in [3.8, 4) is 11.4 Å². The number of benzene rings is 1. The maximum absolute atomic E-state index is 5.97. The number of nitrogens with two attached hydrogens (primary N) is 1. The summed E-state index contributed by atoms with van der Waals surface area (Å²) < 4.78 is 6.10. The Morgan fingerprint density at radius 2 is 2.20 bits per heavy atom. The standard InChI is InChI=1S/C14H17BrClN3O/c1-9(6-7-17)2-5-13-18-14(19-20-13)10-3-4-12(16)11(15)8-10/h3-4,8-9H,2,5-7,17H2,1H3. The predicted molar refractivity (Wildman–Crippen MR) is 83.6 cm³/mol. The highest BCUT2D eigenvalue weighted by Crippen LogP contribution is 2.27. The third kappa shape index (κ3) is 4.04. The van der Waals surface area contributed by atoms with E-state index in [4.69, 9.17) is 21.9 Å². The lowest BCUT2D eigenvalue weighted by molar-refractivity contribution is 0.362. The monoisotopic (exact) mass is 357 g/mol. The molecule has 0 radical (unpaired) electrons. The van der Waals surface area contributed by atoms with Crippen molar-refractivity contribution in [2.45, 2.75) is 26.2 Å². The first-order valence-corrected chi connectivity index (χ1v) is 7.75. The van der Waals surface area contributed by atoms with Gasteiger partial charge in [-0.15, -0.1) is 0 Å². The van der Waals surface area contributed by atoms with Gasteiger partial charge in [-0.05, 0) is 59.4 Å². The molecule has 0 amide bonds. The van der Waals surface area contributed by atoms with E-state index in [1.54, 1.807) is 6.07 Å². The van der Waals surface area contributed by atoms with E-state index in [2.05, 4.69) is 33.0 Å². The fraction of sp³-hybridized carbons (Fsp3) is 0.429. The molecule has 20 heavy (non-hydrogen) atoms. The Labute approximate surface area is 131 Å². The molecule has 2 rings (SSSR count). The summed E-state index contributed by atoms with van der Waals surface area (Å²) in [5.74, 6) is 1.82. The summed E-state index contributed by atoms with van der Waals surface area (Å²) in [6.07, 6.45) is 2.80. The molecule has 2 N–H and O–H groups in total. The van der Waals surface area contributed by atoms with Gasteiger partial charge in [-0.25, -0.2) is 0 Å². The third-order valence-corrected chi connectivity index (χ3v) is 4.37. The molecule has 2 aromatic rings. The van der Waals surface area contributed by atoms with Crippen LogP contribution in [0.25, 0.3) is 11.4 Å². The number of rotatable bonds is 6. The summed E-state index contributed by atoms with van der Waals surface area (Å²) >= 11 is 9.35. The van der Waals surface area contributed by atoms with Crippen LogP contribution in [-0.4, -0.2) is 16.7 Å². The third-order valence-electron chi connectivity index (χ3n) is 3.16. The van der Waals surface area contributed by atoms with E-state index in [-0.39, 0.29) is 0 Å². The lowest BCUT2D eigenvalue weighted by Gasteiger charge is -2.06. The Bertz CT molecular complexity index is 573. The van der Waals surface area contributed by atoms with E-state index in [1.165, 1.54) is 0 Å². The van der Waals surface area contributed by atoms with Crippen LogP contribution in [0.3, 0.4) is 0 Å². The largest absolute Gasteiger partial charge is 0.339 e. The van der Waals surface area contributed by atoms with Gasteiger partial charge in [0.25, 0.3) is 0 Å². The van der Waals surface area contributed by atoms with Crippen LogP contribution in [0.2, 0.25) is 5.02 Å². The first-order valence-electron chi connectivity index (χ1n) is 6.58. The van der Waals surface area contributed by atoms with Gasteiger partial charge in [0, 0.05) is 16.5 Å². The lowest BCUT2D eigenvalue weighted by Crippen LogP contribution is -2.06. The van der Waals surface area contributed by atoms with Crippen molar-refractivity contribution >= 4 is 27.5 Å². The van der Waals surface area contributed by atoms with Crippen LogP contribution in [-0.2, 0) is 6.42 Å². The van der Waals surface area contributed by atoms with E-state index in [0.717, 1.165) is 35.8 Å². The van der Waals surface area contributed by atoms with Crippen LogP contribution in [0.15, 0.2) is 27.2 Å². The molecule has 6 heteroatoms. The molecule has 1 unspecified atom stereocenters. The molecule has 0 aliphatic rings. The minimum atomic E-state index is 0.569. The van der Waals surface area contributed by atoms with Gasteiger partial charge >= 0.3 is 0 Å². The molecular formula is C14H17BrClN3O. The van der Waals surface area contributed by atoms with Gasteiger partial charge in [0.15, 0.2) is 0 Å². The predicted octanol–water partition coefficient (Wildman–Crippen LogP) is 4.07. The summed E-state index contributed by atoms with van der Waals surface area (Å²) in [7, 11) is 0. The quantitative estimate of drug-likeness (QED) is 0.845. The number of aryl methyl sites for hydroxylation is 1. The smallest absolute Gasteiger partial charge is 0.226 e. The van der Waals surface area contributed by atoms with E-state index in [9.17, 15) is 0 Å². The van der Waals surface area contributed by atoms with Gasteiger partial charge < -0.3 is 10.3 Å². The fourth-order valence-corrected chi connectivity index (χ4v) is 2.40. The number of hydrogen-bond acceptors (Lipinski definition) is 4. The summed E-state index contributed by atoms with van der Waals surface area (Å²) in [6, 6.07) is 5.56. The molecule has 0 fully saturated rings. The van der Waals surface area contributed by atoms with Crippen molar-refractivity contribution in [2.24, 2.45) is 11.7 Å². The average Bonchev–Trinajstić information content (AvgIpc) is 2.89. The maximum Gasteiger partial charge on any atom is 0.226 e. The topological polar surface area (TPSA) is 64.9 Å². The van der Waals surface area contributed by atoms with Crippen molar-refractivity contribution in [1.29, 1.82) is 0 Å². The van der Waals surface area contributed by atoms with E-state index >= 15 is 0 Å². The van der Waals surface area contributed by atoms with Gasteiger partial charge in [-0.2, -0.15) is 4.98 Å². The average molecular weight is 359 g/mol. The lowest BCUT2D eigenvalue weighted by atomic mass is 10.0. The van der Waals surface area contributed by atoms with Crippen molar-refractivity contribution in [2.75, 3.05) is 6.54 Å². The van der Waals surface area contributed by atoms with Crippen molar-refractivity contribution in [3.63, 3.8) is 0 Å². The number of halogens is 2. The molecule has 0 aliphatic carbocycles. The minimum absolute atomic E-state index is 0.569. The molecule has 108 valence electrons. The first kappa shape index (κ1) is 15.5. The van der Waals surface area contributed by atoms with Gasteiger partial charge in [0.1, 0.15) is 0 Å². The Morgan fingerprint density at radius 3 is 2.90 bits per heavy atom. The van der Waals surface area contributed by atoms with Crippen molar-refractivity contribution in [1.82, 2.24) is 10.1 Å². The maximum atomic E-state index is 5.97. The second-order valence-electron chi connectivity index (χ2n) is 4.86. The van der Waals surface area contributed by atoms with Crippen LogP contribution < -0.4 is 5.73 Å². The van der Waals surface area contributed by atoms with E-state index in [0.29, 0.717) is 22.7 Å². The number of aromatic nitrogens is 2. The second kappa shape index (κ2) is 7.20. The number of hydrogen-bond donors (Lipinski definition) is 1. The molecule has 1 atom stereocenters. The molecule has 1 aromatic heterocycles. The number of nitrogens with zero attached hydrogens (tertiary/aromatic N) is 2. The molecule has 1 aromatic carbocycles. The van der Waals surface area contributed by atoms with Crippen LogP contribution in [0, 0.1) is 5.92 Å². The van der Waals surface area contributed by atoms with Gasteiger partial charge in [-0.3, -0.25) is 0 Å². The SMILES string of the molecule is CC(CCN)CCc1nc(-c2ccc(Cl)c(Br)c2)no1. The highest BCUT2D eigenvalue weighted by atomic mass is 79.9. The molecule has 0 saturated carbocycles. The Morgan fingerprint density at radius 1 is 1.40 bits per heavy atom. The Kier molecular flexibility index (Phi) is 5.57. The summed E-state index contributed by atoms with van der Waals surface area (Å²) in [4.78, 5) is 4.41. The molecule has 4 nitrogen and oxygen atoms in total. The molecule has 0 bridgehead atoms.